The van der Waals surface area contributed by atoms with Crippen molar-refractivity contribution < 1.29 is 14.3 Å². The lowest BCUT2D eigenvalue weighted by Gasteiger charge is -2.15. The van der Waals surface area contributed by atoms with Crippen LogP contribution in [0.3, 0.4) is 0 Å². The molecule has 156 valence electrons. The van der Waals surface area contributed by atoms with E-state index in [1.54, 1.807) is 0 Å². The van der Waals surface area contributed by atoms with Gasteiger partial charge in [-0.2, -0.15) is 0 Å². The van der Waals surface area contributed by atoms with Gasteiger partial charge in [-0.25, -0.2) is 9.97 Å². The summed E-state index contributed by atoms with van der Waals surface area (Å²) >= 11 is 0. The van der Waals surface area contributed by atoms with Crippen molar-refractivity contribution in [2.45, 2.75) is 20.1 Å². The second kappa shape index (κ2) is 7.98. The highest BCUT2D eigenvalue weighted by Gasteiger charge is 2.16. The summed E-state index contributed by atoms with van der Waals surface area (Å²) in [5.41, 5.74) is 3.46. The molecule has 4 aromatic rings. The minimum Gasteiger partial charge on any atom is -0.454 e. The number of hydrogen-bond acceptors (Lipinski definition) is 7. The van der Waals surface area contributed by atoms with Crippen molar-refractivity contribution >= 4 is 16.7 Å². The third kappa shape index (κ3) is 3.75. The first-order valence-electron chi connectivity index (χ1n) is 9.86. The Morgan fingerprint density at radius 1 is 1.03 bits per heavy atom. The van der Waals surface area contributed by atoms with E-state index in [1.807, 2.05) is 55.5 Å². The molecule has 8 nitrogen and oxygen atoms in total. The summed E-state index contributed by atoms with van der Waals surface area (Å²) in [6.45, 7) is 2.85. The van der Waals surface area contributed by atoms with Crippen molar-refractivity contribution in [3.8, 4) is 11.5 Å². The van der Waals surface area contributed by atoms with Gasteiger partial charge in [0.15, 0.2) is 17.1 Å². The van der Waals surface area contributed by atoms with E-state index in [-0.39, 0.29) is 19.0 Å². The van der Waals surface area contributed by atoms with Gasteiger partial charge >= 0.3 is 0 Å². The third-order valence-corrected chi connectivity index (χ3v) is 5.07. The van der Waals surface area contributed by atoms with Crippen molar-refractivity contribution in [3.05, 3.63) is 88.1 Å². The second-order valence-corrected chi connectivity index (χ2v) is 7.15. The van der Waals surface area contributed by atoms with Crippen LogP contribution in [0, 0.1) is 6.92 Å². The summed E-state index contributed by atoms with van der Waals surface area (Å²) in [5, 5.41) is 4.06. The second-order valence-electron chi connectivity index (χ2n) is 7.15. The van der Waals surface area contributed by atoms with Gasteiger partial charge in [0, 0.05) is 12.6 Å². The van der Waals surface area contributed by atoms with Crippen LogP contribution in [0.2, 0.25) is 0 Å². The third-order valence-electron chi connectivity index (χ3n) is 5.07. The Bertz CT molecular complexity index is 1300. The quantitative estimate of drug-likeness (QED) is 0.517. The van der Waals surface area contributed by atoms with Gasteiger partial charge in [-0.1, -0.05) is 36.4 Å². The molecule has 0 atom stereocenters. The van der Waals surface area contributed by atoms with E-state index in [9.17, 15) is 4.79 Å². The van der Waals surface area contributed by atoms with Crippen LogP contribution < -0.4 is 25.2 Å². The zero-order chi connectivity index (χ0) is 21.2. The monoisotopic (exact) mass is 416 g/mol. The molecule has 0 saturated heterocycles. The fourth-order valence-corrected chi connectivity index (χ4v) is 3.51. The molecule has 5 rings (SSSR count). The fourth-order valence-electron chi connectivity index (χ4n) is 3.51. The van der Waals surface area contributed by atoms with E-state index in [2.05, 4.69) is 15.3 Å². The number of hydrogen-bond donors (Lipinski definition) is 1. The number of pyridine rings is 1. The normalized spacial score (nSPS) is 12.2. The highest BCUT2D eigenvalue weighted by molar-refractivity contribution is 5.90. The summed E-state index contributed by atoms with van der Waals surface area (Å²) in [6, 6.07) is 16.9. The summed E-state index contributed by atoms with van der Waals surface area (Å²) in [7, 11) is 0. The van der Waals surface area contributed by atoms with Gasteiger partial charge in [-0.3, -0.25) is 4.79 Å². The Labute approximate surface area is 178 Å². The van der Waals surface area contributed by atoms with Gasteiger partial charge in [0.05, 0.1) is 16.8 Å². The fraction of sp³-hybridized carbons (Fsp3) is 0.174. The molecule has 0 bridgehead atoms. The minimum absolute atomic E-state index is 0.231. The van der Waals surface area contributed by atoms with Crippen LogP contribution in [0.25, 0.3) is 11.0 Å². The van der Waals surface area contributed by atoms with Gasteiger partial charge < -0.3 is 19.6 Å². The highest BCUT2D eigenvalue weighted by Crippen LogP contribution is 2.33. The molecule has 0 fully saturated rings. The summed E-state index contributed by atoms with van der Waals surface area (Å²) < 4.78 is 12.0. The number of fused-ring (bicyclic) bond motifs is 2. The molecule has 3 heterocycles. The van der Waals surface area contributed by atoms with Crippen molar-refractivity contribution in [1.82, 2.24) is 14.7 Å². The maximum absolute atomic E-state index is 12.9. The number of ether oxygens (including phenoxy) is 2. The van der Waals surface area contributed by atoms with Crippen LogP contribution >= 0.6 is 0 Å². The van der Waals surface area contributed by atoms with Crippen LogP contribution in [0.15, 0.2) is 65.7 Å². The average molecular weight is 416 g/mol. The predicted molar refractivity (Wildman–Crippen MR) is 115 cm³/mol. The molecule has 0 radical (unpaired) electrons. The first kappa shape index (κ1) is 18.9. The summed E-state index contributed by atoms with van der Waals surface area (Å²) in [6.07, 6.45) is 1.43. The molecule has 0 saturated carbocycles. The van der Waals surface area contributed by atoms with E-state index in [0.29, 0.717) is 23.6 Å². The number of anilines is 1. The maximum Gasteiger partial charge on any atom is 0.287 e. The van der Waals surface area contributed by atoms with Crippen LogP contribution in [0.1, 0.15) is 16.8 Å². The Balaban J connectivity index is 1.45. The molecule has 0 aliphatic carbocycles. The number of aryl methyl sites for hydroxylation is 1. The molecule has 2 aromatic carbocycles. The average Bonchev–Trinajstić information content (AvgIpc) is 3.26. The van der Waals surface area contributed by atoms with Gasteiger partial charge in [0.2, 0.25) is 6.79 Å². The number of aromatic nitrogens is 3. The van der Waals surface area contributed by atoms with E-state index < -0.39 is 0 Å². The van der Waals surface area contributed by atoms with Gasteiger partial charge in [-0.15, -0.1) is 4.73 Å². The van der Waals surface area contributed by atoms with Gasteiger partial charge in [0.25, 0.3) is 5.56 Å². The Morgan fingerprint density at radius 2 is 1.87 bits per heavy atom. The van der Waals surface area contributed by atoms with Crippen LogP contribution in [-0.2, 0) is 13.2 Å². The molecular weight excluding hydrogens is 396 g/mol. The maximum atomic E-state index is 12.9. The first-order chi connectivity index (χ1) is 15.2. The SMILES string of the molecule is Cc1ncnc2c1c(NCc1ccc3c(c1)OCO3)cc(=O)n2OCc1ccccc1. The molecule has 0 amide bonds. The van der Waals surface area contributed by atoms with E-state index in [1.165, 1.54) is 17.1 Å². The summed E-state index contributed by atoms with van der Waals surface area (Å²) in [5.74, 6) is 1.45. The topological polar surface area (TPSA) is 87.5 Å². The first-order valence-corrected chi connectivity index (χ1v) is 9.86. The van der Waals surface area contributed by atoms with Crippen molar-refractivity contribution in [3.63, 3.8) is 0 Å². The lowest BCUT2D eigenvalue weighted by Crippen LogP contribution is -2.28. The zero-order valence-corrected chi connectivity index (χ0v) is 16.9. The number of benzene rings is 2. The summed E-state index contributed by atoms with van der Waals surface area (Å²) in [4.78, 5) is 27.3. The van der Waals surface area contributed by atoms with Crippen LogP contribution in [0.5, 0.6) is 11.5 Å². The molecule has 1 N–H and O–H groups in total. The molecule has 1 aliphatic rings. The zero-order valence-electron chi connectivity index (χ0n) is 16.9. The smallest absolute Gasteiger partial charge is 0.287 e. The number of nitrogens with zero attached hydrogens (tertiary/aromatic N) is 3. The number of rotatable bonds is 6. The molecule has 0 unspecified atom stereocenters. The van der Waals surface area contributed by atoms with Crippen molar-refractivity contribution in [2.24, 2.45) is 0 Å². The molecule has 31 heavy (non-hydrogen) atoms. The predicted octanol–water partition coefficient (Wildman–Crippen LogP) is 3.07. The standard InChI is InChI=1S/C23H20N4O4/c1-15-22-18(24-11-17-7-8-19-20(9-17)30-14-29-19)10-21(28)27(23(22)26-13-25-15)31-12-16-5-3-2-4-6-16/h2-10,13,24H,11-12,14H2,1H3. The van der Waals surface area contributed by atoms with Gasteiger partial charge in [0.1, 0.15) is 12.9 Å². The highest BCUT2D eigenvalue weighted by atomic mass is 16.7. The van der Waals surface area contributed by atoms with Crippen molar-refractivity contribution in [2.75, 3.05) is 12.1 Å². The molecule has 0 spiro atoms. The van der Waals surface area contributed by atoms with Gasteiger partial charge in [-0.05, 0) is 30.2 Å². The Morgan fingerprint density at radius 3 is 2.74 bits per heavy atom. The molecule has 1 aliphatic heterocycles. The molecule has 8 heteroatoms. The lowest BCUT2D eigenvalue weighted by atomic mass is 10.1. The van der Waals surface area contributed by atoms with E-state index in [0.717, 1.165) is 28.0 Å². The largest absolute Gasteiger partial charge is 0.454 e. The van der Waals surface area contributed by atoms with Crippen molar-refractivity contribution in [1.29, 1.82) is 0 Å². The number of nitrogens with one attached hydrogen (secondary N) is 1. The molecule has 2 aromatic heterocycles. The van der Waals surface area contributed by atoms with Crippen LogP contribution in [-0.4, -0.2) is 21.5 Å². The minimum atomic E-state index is -0.310. The lowest BCUT2D eigenvalue weighted by molar-refractivity contribution is 0.0979. The van der Waals surface area contributed by atoms with E-state index >= 15 is 0 Å². The van der Waals surface area contributed by atoms with Crippen LogP contribution in [0.4, 0.5) is 5.69 Å². The Kier molecular flexibility index (Phi) is 4.87. The molecular formula is C23H20N4O4. The van der Waals surface area contributed by atoms with E-state index in [4.69, 9.17) is 14.3 Å². The Hall–Kier alpha value is -4.07.